The Morgan fingerprint density at radius 1 is 1.18 bits per heavy atom. The molecule has 2 heterocycles. The standard InChI is InChI=1S/C21H32N4O2.HI/c1-5-22-20(23-16-21(24(2)3)10-12-26-13-11-21)25(4)15-18-14-17-8-6-7-9-19(17)27-18;/h6-9,14H,5,10-13,15-16H2,1-4H3,(H,22,23);1H. The molecule has 1 aliphatic heterocycles. The maximum atomic E-state index is 5.97. The first kappa shape index (κ1) is 23.0. The van der Waals surface area contributed by atoms with Gasteiger partial charge in [-0.3, -0.25) is 4.99 Å². The number of rotatable bonds is 6. The highest BCUT2D eigenvalue weighted by Gasteiger charge is 2.34. The van der Waals surface area contributed by atoms with Crippen LogP contribution in [0.2, 0.25) is 0 Å². The van der Waals surface area contributed by atoms with E-state index in [-0.39, 0.29) is 29.5 Å². The van der Waals surface area contributed by atoms with Gasteiger partial charge in [0.2, 0.25) is 0 Å². The summed E-state index contributed by atoms with van der Waals surface area (Å²) < 4.78 is 11.5. The van der Waals surface area contributed by atoms with Crippen molar-refractivity contribution >= 4 is 40.9 Å². The first-order chi connectivity index (χ1) is 13.0. The third-order valence-corrected chi connectivity index (χ3v) is 5.46. The fourth-order valence-electron chi connectivity index (χ4n) is 3.61. The van der Waals surface area contributed by atoms with Gasteiger partial charge < -0.3 is 24.3 Å². The zero-order valence-corrected chi connectivity index (χ0v) is 19.7. The monoisotopic (exact) mass is 500 g/mol. The lowest BCUT2D eigenvalue weighted by atomic mass is 9.89. The molecule has 1 aliphatic rings. The molecule has 2 aromatic rings. The van der Waals surface area contributed by atoms with E-state index in [1.54, 1.807) is 0 Å². The summed E-state index contributed by atoms with van der Waals surface area (Å²) in [6.45, 7) is 5.98. The molecule has 1 aromatic heterocycles. The topological polar surface area (TPSA) is 53.2 Å². The first-order valence-corrected chi connectivity index (χ1v) is 9.76. The number of guanidine groups is 1. The summed E-state index contributed by atoms with van der Waals surface area (Å²) in [5, 5.41) is 4.55. The van der Waals surface area contributed by atoms with E-state index in [9.17, 15) is 0 Å². The molecular formula is C21H33IN4O2. The number of aliphatic imine (C=N–C) groups is 1. The third kappa shape index (κ3) is 5.39. The highest BCUT2D eigenvalue weighted by molar-refractivity contribution is 14.0. The van der Waals surface area contributed by atoms with E-state index in [1.165, 1.54) is 0 Å². The predicted octanol–water partition coefficient (Wildman–Crippen LogP) is 3.56. The Hall–Kier alpha value is -1.32. The van der Waals surface area contributed by atoms with Crippen molar-refractivity contribution in [2.24, 2.45) is 4.99 Å². The molecule has 1 saturated heterocycles. The van der Waals surface area contributed by atoms with Gasteiger partial charge in [-0.25, -0.2) is 0 Å². The minimum absolute atomic E-state index is 0. The average molecular weight is 500 g/mol. The van der Waals surface area contributed by atoms with E-state index in [0.717, 1.165) is 61.8 Å². The lowest BCUT2D eigenvalue weighted by Crippen LogP contribution is -2.51. The molecule has 0 saturated carbocycles. The van der Waals surface area contributed by atoms with Gasteiger partial charge in [-0.15, -0.1) is 24.0 Å². The SMILES string of the molecule is CCNC(=NCC1(N(C)C)CCOCC1)N(C)Cc1cc2ccccc2o1.I. The molecule has 6 nitrogen and oxygen atoms in total. The van der Waals surface area contributed by atoms with Crippen molar-refractivity contribution < 1.29 is 9.15 Å². The van der Waals surface area contributed by atoms with Crippen LogP contribution in [-0.4, -0.2) is 68.7 Å². The zero-order valence-electron chi connectivity index (χ0n) is 17.4. The number of hydrogen-bond acceptors (Lipinski definition) is 4. The minimum Gasteiger partial charge on any atom is -0.459 e. The van der Waals surface area contributed by atoms with Gasteiger partial charge in [0.15, 0.2) is 5.96 Å². The molecular weight excluding hydrogens is 467 g/mol. The first-order valence-electron chi connectivity index (χ1n) is 9.76. The smallest absolute Gasteiger partial charge is 0.194 e. The van der Waals surface area contributed by atoms with Gasteiger partial charge in [0, 0.05) is 37.7 Å². The summed E-state index contributed by atoms with van der Waals surface area (Å²) in [5.74, 6) is 1.85. The van der Waals surface area contributed by atoms with E-state index in [1.807, 2.05) is 18.2 Å². The second kappa shape index (κ2) is 10.5. The van der Waals surface area contributed by atoms with Crippen molar-refractivity contribution in [2.45, 2.75) is 31.8 Å². The quantitative estimate of drug-likeness (QED) is 0.374. The summed E-state index contributed by atoms with van der Waals surface area (Å²) in [6, 6.07) is 10.2. The van der Waals surface area contributed by atoms with Gasteiger partial charge in [-0.2, -0.15) is 0 Å². The summed E-state index contributed by atoms with van der Waals surface area (Å²) in [5.41, 5.74) is 0.996. The number of nitrogens with one attached hydrogen (secondary N) is 1. The van der Waals surface area contributed by atoms with Gasteiger partial charge in [-0.05, 0) is 46.0 Å². The number of ether oxygens (including phenoxy) is 1. The van der Waals surface area contributed by atoms with E-state index < -0.39 is 0 Å². The van der Waals surface area contributed by atoms with E-state index >= 15 is 0 Å². The van der Waals surface area contributed by atoms with Crippen LogP contribution in [0.25, 0.3) is 11.0 Å². The Morgan fingerprint density at radius 2 is 1.89 bits per heavy atom. The molecule has 0 aliphatic carbocycles. The van der Waals surface area contributed by atoms with Crippen molar-refractivity contribution in [1.82, 2.24) is 15.1 Å². The minimum atomic E-state index is 0. The van der Waals surface area contributed by atoms with Gasteiger partial charge in [0.05, 0.1) is 13.1 Å². The van der Waals surface area contributed by atoms with Crippen LogP contribution in [0, 0.1) is 0 Å². The van der Waals surface area contributed by atoms with Gasteiger partial charge in [-0.1, -0.05) is 18.2 Å². The van der Waals surface area contributed by atoms with Crippen LogP contribution in [0.1, 0.15) is 25.5 Å². The maximum absolute atomic E-state index is 5.97. The Kier molecular flexibility index (Phi) is 8.57. The zero-order chi connectivity index (χ0) is 19.3. The number of benzene rings is 1. The van der Waals surface area contributed by atoms with Crippen LogP contribution in [0.4, 0.5) is 0 Å². The molecule has 0 radical (unpaired) electrons. The molecule has 0 unspecified atom stereocenters. The fraction of sp³-hybridized carbons (Fsp3) is 0.571. The largest absolute Gasteiger partial charge is 0.459 e. The number of fused-ring (bicyclic) bond motifs is 1. The second-order valence-electron chi connectivity index (χ2n) is 7.51. The number of likely N-dealkylation sites (N-methyl/N-ethyl adjacent to an activating group) is 1. The summed E-state index contributed by atoms with van der Waals surface area (Å²) in [6.07, 6.45) is 2.02. The summed E-state index contributed by atoms with van der Waals surface area (Å²) in [7, 11) is 6.35. The fourth-order valence-corrected chi connectivity index (χ4v) is 3.61. The molecule has 0 atom stereocenters. The van der Waals surface area contributed by atoms with Crippen molar-refractivity contribution in [1.29, 1.82) is 0 Å². The van der Waals surface area contributed by atoms with Gasteiger partial charge in [0.1, 0.15) is 11.3 Å². The van der Waals surface area contributed by atoms with Crippen LogP contribution in [-0.2, 0) is 11.3 Å². The molecule has 7 heteroatoms. The highest BCUT2D eigenvalue weighted by Crippen LogP contribution is 2.26. The maximum Gasteiger partial charge on any atom is 0.194 e. The van der Waals surface area contributed by atoms with Crippen molar-refractivity contribution in [3.63, 3.8) is 0 Å². The Balaban J connectivity index is 0.00000280. The van der Waals surface area contributed by atoms with Crippen LogP contribution in [0.3, 0.4) is 0 Å². The predicted molar refractivity (Wildman–Crippen MR) is 126 cm³/mol. The molecule has 1 fully saturated rings. The van der Waals surface area contributed by atoms with Crippen LogP contribution >= 0.6 is 24.0 Å². The van der Waals surface area contributed by atoms with Crippen LogP contribution < -0.4 is 5.32 Å². The average Bonchev–Trinajstić information content (AvgIpc) is 3.07. The van der Waals surface area contributed by atoms with Crippen molar-refractivity contribution in [2.75, 3.05) is 47.4 Å². The van der Waals surface area contributed by atoms with Gasteiger partial charge in [0.25, 0.3) is 0 Å². The highest BCUT2D eigenvalue weighted by atomic mass is 127. The summed E-state index contributed by atoms with van der Waals surface area (Å²) >= 11 is 0. The van der Waals surface area contributed by atoms with E-state index in [2.05, 4.69) is 55.3 Å². The normalized spacial score (nSPS) is 16.8. The lowest BCUT2D eigenvalue weighted by Gasteiger charge is -2.42. The molecule has 0 bridgehead atoms. The second-order valence-corrected chi connectivity index (χ2v) is 7.51. The van der Waals surface area contributed by atoms with Gasteiger partial charge >= 0.3 is 0 Å². The molecule has 1 N–H and O–H groups in total. The molecule has 0 amide bonds. The number of halogens is 1. The lowest BCUT2D eigenvalue weighted by molar-refractivity contribution is -0.00263. The molecule has 3 rings (SSSR count). The third-order valence-electron chi connectivity index (χ3n) is 5.46. The number of nitrogens with zero attached hydrogens (tertiary/aromatic N) is 3. The Morgan fingerprint density at radius 3 is 2.54 bits per heavy atom. The number of para-hydroxylation sites is 1. The summed E-state index contributed by atoms with van der Waals surface area (Å²) in [4.78, 5) is 9.41. The Labute approximate surface area is 185 Å². The molecule has 0 spiro atoms. The van der Waals surface area contributed by atoms with Crippen molar-refractivity contribution in [3.05, 3.63) is 36.1 Å². The van der Waals surface area contributed by atoms with Crippen LogP contribution in [0.15, 0.2) is 39.7 Å². The van der Waals surface area contributed by atoms with E-state index in [4.69, 9.17) is 14.1 Å². The number of furan rings is 1. The van der Waals surface area contributed by atoms with Crippen LogP contribution in [0.5, 0.6) is 0 Å². The molecule has 1 aromatic carbocycles. The molecule has 28 heavy (non-hydrogen) atoms. The Bertz CT molecular complexity index is 736. The van der Waals surface area contributed by atoms with Crippen molar-refractivity contribution in [3.8, 4) is 0 Å². The number of hydrogen-bond donors (Lipinski definition) is 1. The molecule has 156 valence electrons. The van der Waals surface area contributed by atoms with E-state index in [0.29, 0.717) is 6.54 Å².